The van der Waals surface area contributed by atoms with Crippen LogP contribution in [0.1, 0.15) is 32.6 Å². The van der Waals surface area contributed by atoms with Crippen LogP contribution in [0.5, 0.6) is 0 Å². The standard InChI is InChI=1S/C10H20N2O2/c1-8-3-2-4-9(5-8)6-12-14-7-10(11)13/h8-9,12H,2-7H2,1H3,(H2,11,13). The van der Waals surface area contributed by atoms with Gasteiger partial charge in [-0.2, -0.15) is 0 Å². The monoisotopic (exact) mass is 200 g/mol. The molecule has 1 aliphatic carbocycles. The van der Waals surface area contributed by atoms with Gasteiger partial charge >= 0.3 is 0 Å². The van der Waals surface area contributed by atoms with Crippen molar-refractivity contribution in [1.29, 1.82) is 0 Å². The molecule has 4 heteroatoms. The number of hydrogen-bond acceptors (Lipinski definition) is 3. The van der Waals surface area contributed by atoms with E-state index < -0.39 is 5.91 Å². The first-order chi connectivity index (χ1) is 6.68. The fourth-order valence-electron chi connectivity index (χ4n) is 2.04. The van der Waals surface area contributed by atoms with E-state index in [1.807, 2.05) is 0 Å². The van der Waals surface area contributed by atoms with Crippen LogP contribution in [0.2, 0.25) is 0 Å². The second kappa shape index (κ2) is 5.98. The Hall–Kier alpha value is -0.610. The molecule has 0 aromatic heterocycles. The van der Waals surface area contributed by atoms with Crippen molar-refractivity contribution < 1.29 is 9.63 Å². The summed E-state index contributed by atoms with van der Waals surface area (Å²) in [5.74, 6) is 1.08. The summed E-state index contributed by atoms with van der Waals surface area (Å²) in [6, 6.07) is 0. The quantitative estimate of drug-likeness (QED) is 0.510. The second-order valence-corrected chi connectivity index (χ2v) is 4.24. The summed E-state index contributed by atoms with van der Waals surface area (Å²) in [4.78, 5) is 15.3. The highest BCUT2D eigenvalue weighted by Crippen LogP contribution is 2.27. The zero-order valence-electron chi connectivity index (χ0n) is 8.79. The average Bonchev–Trinajstić information content (AvgIpc) is 2.12. The molecule has 0 aromatic carbocycles. The van der Waals surface area contributed by atoms with Gasteiger partial charge in [0.15, 0.2) is 0 Å². The minimum absolute atomic E-state index is 0.0394. The molecule has 0 spiro atoms. The first kappa shape index (κ1) is 11.5. The van der Waals surface area contributed by atoms with Gasteiger partial charge in [0.25, 0.3) is 0 Å². The smallest absolute Gasteiger partial charge is 0.245 e. The maximum atomic E-state index is 10.4. The summed E-state index contributed by atoms with van der Waals surface area (Å²) >= 11 is 0. The number of carbonyl (C=O) groups excluding carboxylic acids is 1. The first-order valence-corrected chi connectivity index (χ1v) is 5.31. The Balaban J connectivity index is 2.03. The molecular formula is C10H20N2O2. The zero-order chi connectivity index (χ0) is 10.4. The molecule has 1 saturated carbocycles. The van der Waals surface area contributed by atoms with Gasteiger partial charge in [-0.3, -0.25) is 9.63 Å². The van der Waals surface area contributed by atoms with Crippen molar-refractivity contribution in [2.24, 2.45) is 17.6 Å². The lowest BCUT2D eigenvalue weighted by molar-refractivity contribution is -0.125. The highest BCUT2D eigenvalue weighted by atomic mass is 16.6. The highest BCUT2D eigenvalue weighted by molar-refractivity contribution is 5.74. The topological polar surface area (TPSA) is 64.3 Å². The third kappa shape index (κ3) is 4.58. The molecule has 0 bridgehead atoms. The highest BCUT2D eigenvalue weighted by Gasteiger charge is 2.18. The maximum Gasteiger partial charge on any atom is 0.245 e. The average molecular weight is 200 g/mol. The van der Waals surface area contributed by atoms with Crippen LogP contribution >= 0.6 is 0 Å². The lowest BCUT2D eigenvalue weighted by Crippen LogP contribution is -2.30. The van der Waals surface area contributed by atoms with E-state index >= 15 is 0 Å². The van der Waals surface area contributed by atoms with E-state index in [2.05, 4.69) is 12.4 Å². The van der Waals surface area contributed by atoms with Crippen LogP contribution < -0.4 is 11.2 Å². The molecule has 0 heterocycles. The van der Waals surface area contributed by atoms with Gasteiger partial charge in [0.1, 0.15) is 6.61 Å². The number of hydroxylamine groups is 1. The van der Waals surface area contributed by atoms with Crippen molar-refractivity contribution in [2.45, 2.75) is 32.6 Å². The predicted molar refractivity (Wildman–Crippen MR) is 54.3 cm³/mol. The molecule has 4 nitrogen and oxygen atoms in total. The van der Waals surface area contributed by atoms with Gasteiger partial charge in [-0.25, -0.2) is 5.48 Å². The second-order valence-electron chi connectivity index (χ2n) is 4.24. The molecule has 2 atom stereocenters. The summed E-state index contributed by atoms with van der Waals surface area (Å²) in [6.07, 6.45) is 5.17. The molecular weight excluding hydrogens is 180 g/mol. The molecule has 2 unspecified atom stereocenters. The van der Waals surface area contributed by atoms with Crippen molar-refractivity contribution in [3.8, 4) is 0 Å². The van der Waals surface area contributed by atoms with Crippen molar-refractivity contribution >= 4 is 5.91 Å². The van der Waals surface area contributed by atoms with Gasteiger partial charge in [-0.1, -0.05) is 19.8 Å². The maximum absolute atomic E-state index is 10.4. The Morgan fingerprint density at radius 2 is 2.36 bits per heavy atom. The Bertz CT molecular complexity index is 185. The molecule has 1 fully saturated rings. The minimum Gasteiger partial charge on any atom is -0.368 e. The summed E-state index contributed by atoms with van der Waals surface area (Å²) in [7, 11) is 0. The van der Waals surface area contributed by atoms with Crippen molar-refractivity contribution in [1.82, 2.24) is 5.48 Å². The minimum atomic E-state index is -0.436. The molecule has 82 valence electrons. The van der Waals surface area contributed by atoms with Crippen molar-refractivity contribution in [3.63, 3.8) is 0 Å². The fraction of sp³-hybridized carbons (Fsp3) is 0.900. The third-order valence-electron chi connectivity index (χ3n) is 2.73. The SMILES string of the molecule is CC1CCCC(CNOCC(N)=O)C1. The van der Waals surface area contributed by atoms with Crippen LogP contribution in [-0.4, -0.2) is 19.1 Å². The predicted octanol–water partition coefficient (Wildman–Crippen LogP) is 0.819. The number of nitrogens with two attached hydrogens (primary N) is 1. The normalized spacial score (nSPS) is 27.5. The van der Waals surface area contributed by atoms with Gasteiger partial charge in [0.2, 0.25) is 5.91 Å². The van der Waals surface area contributed by atoms with Gasteiger partial charge in [0, 0.05) is 6.54 Å². The zero-order valence-corrected chi connectivity index (χ0v) is 8.79. The van der Waals surface area contributed by atoms with E-state index in [0.29, 0.717) is 5.92 Å². The molecule has 14 heavy (non-hydrogen) atoms. The Morgan fingerprint density at radius 1 is 1.57 bits per heavy atom. The summed E-state index contributed by atoms with van der Waals surface area (Å²) in [6.45, 7) is 3.08. The van der Waals surface area contributed by atoms with Gasteiger partial charge in [-0.15, -0.1) is 0 Å². The molecule has 3 N–H and O–H groups in total. The number of carbonyl (C=O) groups is 1. The molecule has 0 aliphatic heterocycles. The van der Waals surface area contributed by atoms with Crippen LogP contribution in [-0.2, 0) is 9.63 Å². The number of nitrogens with one attached hydrogen (secondary N) is 1. The number of primary amides is 1. The van der Waals surface area contributed by atoms with Gasteiger partial charge in [-0.05, 0) is 24.7 Å². The van der Waals surface area contributed by atoms with Crippen LogP contribution in [0.25, 0.3) is 0 Å². The Kier molecular flexibility index (Phi) is 4.90. The fourth-order valence-corrected chi connectivity index (χ4v) is 2.04. The van der Waals surface area contributed by atoms with Gasteiger partial charge in [0.05, 0.1) is 0 Å². The molecule has 1 rings (SSSR count). The first-order valence-electron chi connectivity index (χ1n) is 5.31. The van der Waals surface area contributed by atoms with E-state index in [-0.39, 0.29) is 6.61 Å². The number of amides is 1. The van der Waals surface area contributed by atoms with Gasteiger partial charge < -0.3 is 5.73 Å². The molecule has 0 radical (unpaired) electrons. The van der Waals surface area contributed by atoms with Crippen LogP contribution in [0.3, 0.4) is 0 Å². The molecule has 1 amide bonds. The largest absolute Gasteiger partial charge is 0.368 e. The van der Waals surface area contributed by atoms with Crippen molar-refractivity contribution in [3.05, 3.63) is 0 Å². The molecule has 0 aromatic rings. The third-order valence-corrected chi connectivity index (χ3v) is 2.73. The number of hydrogen-bond donors (Lipinski definition) is 2. The van der Waals surface area contributed by atoms with E-state index in [1.54, 1.807) is 0 Å². The number of rotatable bonds is 5. The van der Waals surface area contributed by atoms with E-state index in [4.69, 9.17) is 10.6 Å². The summed E-state index contributed by atoms with van der Waals surface area (Å²) in [5, 5.41) is 0. The Labute approximate surface area is 85.1 Å². The lowest BCUT2D eigenvalue weighted by Gasteiger charge is -2.26. The summed E-state index contributed by atoms with van der Waals surface area (Å²) < 4.78 is 0. The molecule has 0 saturated heterocycles. The lowest BCUT2D eigenvalue weighted by atomic mass is 9.82. The molecule has 1 aliphatic rings. The summed E-state index contributed by atoms with van der Waals surface area (Å²) in [5.41, 5.74) is 7.74. The van der Waals surface area contributed by atoms with Crippen LogP contribution in [0.15, 0.2) is 0 Å². The Morgan fingerprint density at radius 3 is 3.00 bits per heavy atom. The van der Waals surface area contributed by atoms with Crippen molar-refractivity contribution in [2.75, 3.05) is 13.2 Å². The van der Waals surface area contributed by atoms with Crippen LogP contribution in [0.4, 0.5) is 0 Å². The van der Waals surface area contributed by atoms with E-state index in [0.717, 1.165) is 12.5 Å². The van der Waals surface area contributed by atoms with E-state index in [1.165, 1.54) is 25.7 Å². The van der Waals surface area contributed by atoms with Crippen LogP contribution in [0, 0.1) is 11.8 Å². The van der Waals surface area contributed by atoms with E-state index in [9.17, 15) is 4.79 Å².